The van der Waals surface area contributed by atoms with Gasteiger partial charge in [-0.05, 0) is 43.2 Å². The van der Waals surface area contributed by atoms with Gasteiger partial charge in [-0.3, -0.25) is 9.59 Å². The van der Waals surface area contributed by atoms with Crippen molar-refractivity contribution in [3.05, 3.63) is 45.6 Å². The summed E-state index contributed by atoms with van der Waals surface area (Å²) in [5.74, 6) is 0.988. The van der Waals surface area contributed by atoms with Crippen LogP contribution in [0, 0.1) is 6.92 Å². The van der Waals surface area contributed by atoms with Gasteiger partial charge in [0.25, 0.3) is 5.91 Å². The zero-order valence-electron chi connectivity index (χ0n) is 15.5. The van der Waals surface area contributed by atoms with Gasteiger partial charge in [-0.1, -0.05) is 6.07 Å². The van der Waals surface area contributed by atoms with Crippen molar-refractivity contribution in [2.75, 3.05) is 34.4 Å². The molecule has 7 heteroatoms. The number of hydrogen-bond acceptors (Lipinski definition) is 5. The normalized spacial score (nSPS) is 10.3. The molecule has 0 aliphatic carbocycles. The van der Waals surface area contributed by atoms with Crippen molar-refractivity contribution in [3.8, 4) is 11.5 Å². The van der Waals surface area contributed by atoms with E-state index < -0.39 is 0 Å². The zero-order chi connectivity index (χ0) is 19.1. The van der Waals surface area contributed by atoms with Crippen LogP contribution in [-0.4, -0.2) is 51.1 Å². The monoisotopic (exact) mass is 376 g/mol. The molecule has 2 amide bonds. The fraction of sp³-hybridized carbons (Fsp3) is 0.368. The van der Waals surface area contributed by atoms with Gasteiger partial charge in [0.05, 0.1) is 25.6 Å². The molecule has 0 aliphatic rings. The van der Waals surface area contributed by atoms with Gasteiger partial charge in [0.1, 0.15) is 0 Å². The highest BCUT2D eigenvalue weighted by Crippen LogP contribution is 2.27. The van der Waals surface area contributed by atoms with Crippen LogP contribution in [0.15, 0.2) is 30.3 Å². The summed E-state index contributed by atoms with van der Waals surface area (Å²) >= 11 is 1.41. The average molecular weight is 376 g/mol. The van der Waals surface area contributed by atoms with Crippen LogP contribution in [0.5, 0.6) is 11.5 Å². The second-order valence-electron chi connectivity index (χ2n) is 5.85. The van der Waals surface area contributed by atoms with Crippen molar-refractivity contribution in [2.45, 2.75) is 13.3 Å². The summed E-state index contributed by atoms with van der Waals surface area (Å²) in [6.07, 6.45) is 0.681. The van der Waals surface area contributed by atoms with Gasteiger partial charge in [-0.2, -0.15) is 0 Å². The van der Waals surface area contributed by atoms with E-state index in [1.165, 1.54) is 11.3 Å². The minimum atomic E-state index is -0.218. The number of benzene rings is 1. The van der Waals surface area contributed by atoms with Gasteiger partial charge in [0.2, 0.25) is 5.91 Å². The van der Waals surface area contributed by atoms with E-state index in [0.29, 0.717) is 29.3 Å². The van der Waals surface area contributed by atoms with E-state index in [1.807, 2.05) is 31.2 Å². The highest BCUT2D eigenvalue weighted by atomic mass is 32.1. The lowest BCUT2D eigenvalue weighted by Gasteiger charge is -2.18. The molecule has 0 aliphatic heterocycles. The number of nitrogens with zero attached hydrogens (tertiary/aromatic N) is 1. The van der Waals surface area contributed by atoms with Crippen molar-refractivity contribution in [3.63, 3.8) is 0 Å². The third kappa shape index (κ3) is 5.23. The molecular formula is C19H24N2O4S. The molecule has 0 fully saturated rings. The number of carbonyl (C=O) groups is 2. The summed E-state index contributed by atoms with van der Waals surface area (Å²) in [5, 5.41) is 2.67. The Kier molecular flexibility index (Phi) is 7.03. The van der Waals surface area contributed by atoms with E-state index >= 15 is 0 Å². The Bertz CT molecular complexity index is 773. The van der Waals surface area contributed by atoms with E-state index in [2.05, 4.69) is 5.32 Å². The Labute approximate surface area is 157 Å². The summed E-state index contributed by atoms with van der Waals surface area (Å²) in [6, 6.07) is 9.34. The molecule has 1 aromatic heterocycles. The number of amides is 2. The van der Waals surface area contributed by atoms with Crippen molar-refractivity contribution in [1.82, 2.24) is 10.2 Å². The predicted octanol–water partition coefficient (Wildman–Crippen LogP) is 2.50. The molecule has 0 radical (unpaired) electrons. The van der Waals surface area contributed by atoms with Crippen molar-refractivity contribution < 1.29 is 19.1 Å². The molecule has 26 heavy (non-hydrogen) atoms. The van der Waals surface area contributed by atoms with E-state index in [9.17, 15) is 9.59 Å². The molecule has 6 nitrogen and oxygen atoms in total. The summed E-state index contributed by atoms with van der Waals surface area (Å²) in [5.41, 5.74) is 1.04. The van der Waals surface area contributed by atoms with Crippen LogP contribution in [0.4, 0.5) is 0 Å². The summed E-state index contributed by atoms with van der Waals surface area (Å²) in [6.45, 7) is 2.47. The van der Waals surface area contributed by atoms with E-state index in [0.717, 1.165) is 10.4 Å². The highest BCUT2D eigenvalue weighted by Gasteiger charge is 2.13. The Morgan fingerprint density at radius 3 is 2.46 bits per heavy atom. The molecule has 140 valence electrons. The molecule has 0 saturated heterocycles. The maximum Gasteiger partial charge on any atom is 0.261 e. The molecular weight excluding hydrogens is 352 g/mol. The minimum absolute atomic E-state index is 0.0157. The van der Waals surface area contributed by atoms with Gasteiger partial charge in [-0.25, -0.2) is 0 Å². The first-order chi connectivity index (χ1) is 12.4. The number of thiophene rings is 1. The van der Waals surface area contributed by atoms with Crippen LogP contribution < -0.4 is 14.8 Å². The van der Waals surface area contributed by atoms with Gasteiger partial charge in [0, 0.05) is 18.5 Å². The van der Waals surface area contributed by atoms with Crippen LogP contribution >= 0.6 is 11.3 Å². The minimum Gasteiger partial charge on any atom is -0.493 e. The lowest BCUT2D eigenvalue weighted by atomic mass is 10.1. The lowest BCUT2D eigenvalue weighted by molar-refractivity contribution is -0.128. The zero-order valence-corrected chi connectivity index (χ0v) is 16.3. The molecule has 0 saturated carbocycles. The number of ether oxygens (including phenoxy) is 2. The van der Waals surface area contributed by atoms with Crippen LogP contribution in [-0.2, 0) is 11.2 Å². The second-order valence-corrected chi connectivity index (χ2v) is 7.14. The van der Waals surface area contributed by atoms with Crippen LogP contribution in [0.2, 0.25) is 0 Å². The number of methoxy groups -OCH3 is 2. The summed E-state index contributed by atoms with van der Waals surface area (Å²) in [7, 11) is 4.91. The number of rotatable bonds is 8. The van der Waals surface area contributed by atoms with E-state index in [1.54, 1.807) is 32.2 Å². The molecule has 0 bridgehead atoms. The van der Waals surface area contributed by atoms with Gasteiger partial charge in [-0.15, -0.1) is 11.3 Å². The van der Waals surface area contributed by atoms with Crippen LogP contribution in [0.3, 0.4) is 0 Å². The molecule has 1 N–H and O–H groups in total. The number of carbonyl (C=O) groups excluding carboxylic acids is 2. The topological polar surface area (TPSA) is 67.9 Å². The lowest BCUT2D eigenvalue weighted by Crippen LogP contribution is -2.38. The predicted molar refractivity (Wildman–Crippen MR) is 102 cm³/mol. The maximum atomic E-state index is 12.2. The Hall–Kier alpha value is -2.54. The van der Waals surface area contributed by atoms with Crippen molar-refractivity contribution in [2.24, 2.45) is 0 Å². The summed E-state index contributed by atoms with van der Waals surface area (Å²) in [4.78, 5) is 27.5. The molecule has 1 heterocycles. The van der Waals surface area contributed by atoms with Gasteiger partial charge in [0.15, 0.2) is 11.5 Å². The van der Waals surface area contributed by atoms with Gasteiger partial charge < -0.3 is 19.7 Å². The highest BCUT2D eigenvalue weighted by molar-refractivity contribution is 7.13. The van der Waals surface area contributed by atoms with Crippen LogP contribution in [0.25, 0.3) is 0 Å². The molecule has 0 unspecified atom stereocenters. The third-order valence-electron chi connectivity index (χ3n) is 3.97. The largest absolute Gasteiger partial charge is 0.493 e. The van der Waals surface area contributed by atoms with Crippen molar-refractivity contribution >= 4 is 23.2 Å². The number of aryl methyl sites for hydroxylation is 1. The Morgan fingerprint density at radius 1 is 1.12 bits per heavy atom. The maximum absolute atomic E-state index is 12.2. The molecule has 1 aromatic carbocycles. The third-order valence-corrected chi connectivity index (χ3v) is 4.97. The first-order valence-electron chi connectivity index (χ1n) is 8.24. The van der Waals surface area contributed by atoms with E-state index in [-0.39, 0.29) is 18.4 Å². The van der Waals surface area contributed by atoms with E-state index in [4.69, 9.17) is 9.47 Å². The molecule has 0 atom stereocenters. The first kappa shape index (κ1) is 19.8. The summed E-state index contributed by atoms with van der Waals surface area (Å²) < 4.78 is 10.5. The Balaban J connectivity index is 1.82. The molecule has 0 spiro atoms. The number of hydrogen-bond donors (Lipinski definition) is 1. The van der Waals surface area contributed by atoms with Crippen LogP contribution in [0.1, 0.15) is 20.1 Å². The smallest absolute Gasteiger partial charge is 0.261 e. The first-order valence-corrected chi connectivity index (χ1v) is 9.05. The fourth-order valence-corrected chi connectivity index (χ4v) is 3.18. The SMILES string of the molecule is COc1ccc(CCN(C)C(=O)CNC(=O)c2ccc(C)s2)cc1OC. The second kappa shape index (κ2) is 9.24. The standard InChI is InChI=1S/C19H24N2O4S/c1-13-5-8-17(26-13)19(23)20-12-18(22)21(2)10-9-14-6-7-15(24-3)16(11-14)25-4/h5-8,11H,9-10,12H2,1-4H3,(H,20,23). The Morgan fingerprint density at radius 2 is 1.85 bits per heavy atom. The molecule has 2 aromatic rings. The number of likely N-dealkylation sites (N-methyl/N-ethyl adjacent to an activating group) is 1. The van der Waals surface area contributed by atoms with Crippen molar-refractivity contribution in [1.29, 1.82) is 0 Å². The fourth-order valence-electron chi connectivity index (χ4n) is 2.39. The molecule has 2 rings (SSSR count). The average Bonchev–Trinajstić information content (AvgIpc) is 3.09. The number of nitrogens with one attached hydrogen (secondary N) is 1. The quantitative estimate of drug-likeness (QED) is 0.769. The van der Waals surface area contributed by atoms with Gasteiger partial charge >= 0.3 is 0 Å².